The monoisotopic (exact) mass is 308 g/mol. The molecule has 1 aliphatic heterocycles. The second-order valence-corrected chi connectivity index (χ2v) is 6.99. The molecule has 6 heteroatoms. The van der Waals surface area contributed by atoms with Gasteiger partial charge in [0.2, 0.25) is 5.91 Å². The molecule has 0 aromatic carbocycles. The molecule has 0 spiro atoms. The van der Waals surface area contributed by atoms with E-state index in [-0.39, 0.29) is 11.8 Å². The fraction of sp³-hybridized carbons (Fsp3) is 0.600. The van der Waals surface area contributed by atoms with Gasteiger partial charge in [-0.1, -0.05) is 0 Å². The van der Waals surface area contributed by atoms with Crippen molar-refractivity contribution < 1.29 is 14.3 Å². The zero-order valence-electron chi connectivity index (χ0n) is 11.9. The van der Waals surface area contributed by atoms with Gasteiger partial charge < -0.3 is 15.8 Å². The predicted octanol–water partition coefficient (Wildman–Crippen LogP) is 1.25. The van der Waals surface area contributed by atoms with Gasteiger partial charge in [0.25, 0.3) is 5.91 Å². The van der Waals surface area contributed by atoms with Gasteiger partial charge in [-0.05, 0) is 43.7 Å². The summed E-state index contributed by atoms with van der Waals surface area (Å²) in [5, 5.41) is 2.89. The van der Waals surface area contributed by atoms with Crippen molar-refractivity contribution in [3.8, 4) is 0 Å². The summed E-state index contributed by atoms with van der Waals surface area (Å²) >= 11 is 1.57. The largest absolute Gasteiger partial charge is 0.381 e. The first-order chi connectivity index (χ1) is 10.1. The molecule has 0 atom stereocenters. The number of amides is 2. The summed E-state index contributed by atoms with van der Waals surface area (Å²) in [7, 11) is 0. The van der Waals surface area contributed by atoms with Crippen LogP contribution in [0.3, 0.4) is 0 Å². The van der Waals surface area contributed by atoms with Crippen LogP contribution < -0.4 is 11.1 Å². The lowest BCUT2D eigenvalue weighted by Crippen LogP contribution is -2.49. The highest BCUT2D eigenvalue weighted by molar-refractivity contribution is 7.14. The number of hydrogen-bond donors (Lipinski definition) is 2. The fourth-order valence-electron chi connectivity index (χ4n) is 3.05. The van der Waals surface area contributed by atoms with Crippen molar-refractivity contribution in [1.29, 1.82) is 0 Å². The Labute approximate surface area is 127 Å². The van der Waals surface area contributed by atoms with E-state index >= 15 is 0 Å². The number of carbonyl (C=O) groups excluding carboxylic acids is 2. The van der Waals surface area contributed by atoms with Crippen LogP contribution in [0.5, 0.6) is 0 Å². The molecule has 2 heterocycles. The van der Waals surface area contributed by atoms with Crippen molar-refractivity contribution >= 4 is 23.2 Å². The molecular weight excluding hydrogens is 288 g/mol. The van der Waals surface area contributed by atoms with Gasteiger partial charge in [0, 0.05) is 24.6 Å². The van der Waals surface area contributed by atoms with Crippen LogP contribution in [0.25, 0.3) is 0 Å². The maximum absolute atomic E-state index is 12.3. The summed E-state index contributed by atoms with van der Waals surface area (Å²) in [5.41, 5.74) is 6.19. The number of nitrogens with two attached hydrogens (primary N) is 1. The summed E-state index contributed by atoms with van der Waals surface area (Å²) in [6.07, 6.45) is 4.48. The minimum absolute atomic E-state index is 0.0958. The van der Waals surface area contributed by atoms with Crippen LogP contribution in [0, 0.1) is 5.41 Å². The molecule has 1 fully saturated rings. The first kappa shape index (κ1) is 14.5. The number of ether oxygens (including phenoxy) is 1. The van der Waals surface area contributed by atoms with E-state index in [0.29, 0.717) is 32.6 Å². The smallest absolute Gasteiger partial charge is 0.261 e. The molecule has 1 aliphatic carbocycles. The molecule has 1 saturated heterocycles. The van der Waals surface area contributed by atoms with E-state index in [9.17, 15) is 9.59 Å². The van der Waals surface area contributed by atoms with E-state index in [2.05, 4.69) is 5.32 Å². The molecule has 0 unspecified atom stereocenters. The van der Waals surface area contributed by atoms with Gasteiger partial charge in [0.15, 0.2) is 0 Å². The van der Waals surface area contributed by atoms with Crippen molar-refractivity contribution in [2.24, 2.45) is 11.1 Å². The van der Waals surface area contributed by atoms with Gasteiger partial charge in [-0.2, -0.15) is 0 Å². The molecule has 0 bridgehead atoms. The molecular formula is C15H20N2O3S. The average Bonchev–Trinajstić information content (AvgIpc) is 3.07. The first-order valence-corrected chi connectivity index (χ1v) is 8.20. The lowest BCUT2D eigenvalue weighted by atomic mass is 9.79. The van der Waals surface area contributed by atoms with Gasteiger partial charge in [-0.15, -0.1) is 11.3 Å². The first-order valence-electron chi connectivity index (χ1n) is 7.38. The van der Waals surface area contributed by atoms with Crippen LogP contribution in [0.1, 0.15) is 39.4 Å². The van der Waals surface area contributed by atoms with Crippen LogP contribution >= 0.6 is 11.3 Å². The molecule has 0 radical (unpaired) electrons. The number of thiophene rings is 1. The Kier molecular flexibility index (Phi) is 3.99. The highest BCUT2D eigenvalue weighted by Crippen LogP contribution is 2.32. The molecule has 3 N–H and O–H groups in total. The minimum atomic E-state index is -0.659. The van der Waals surface area contributed by atoms with Gasteiger partial charge in [0.1, 0.15) is 0 Å². The van der Waals surface area contributed by atoms with E-state index in [1.54, 1.807) is 11.3 Å². The highest BCUT2D eigenvalue weighted by Gasteiger charge is 2.38. The molecule has 2 aliphatic rings. The minimum Gasteiger partial charge on any atom is -0.381 e. The van der Waals surface area contributed by atoms with Gasteiger partial charge in [-0.25, -0.2) is 0 Å². The number of nitrogens with one attached hydrogen (secondary N) is 1. The fourth-order valence-corrected chi connectivity index (χ4v) is 4.22. The molecule has 21 heavy (non-hydrogen) atoms. The zero-order chi connectivity index (χ0) is 14.9. The maximum Gasteiger partial charge on any atom is 0.261 e. The van der Waals surface area contributed by atoms with Crippen LogP contribution in [-0.2, 0) is 22.4 Å². The Bertz CT molecular complexity index is 540. The van der Waals surface area contributed by atoms with Crippen LogP contribution in [0.2, 0.25) is 0 Å². The quantitative estimate of drug-likeness (QED) is 0.878. The van der Waals surface area contributed by atoms with E-state index < -0.39 is 5.41 Å². The van der Waals surface area contributed by atoms with E-state index in [1.165, 1.54) is 16.9 Å². The van der Waals surface area contributed by atoms with Gasteiger partial charge in [-0.3, -0.25) is 9.59 Å². The third-order valence-electron chi connectivity index (χ3n) is 4.53. The number of rotatable bonds is 4. The van der Waals surface area contributed by atoms with Crippen molar-refractivity contribution in [3.05, 3.63) is 21.4 Å². The van der Waals surface area contributed by atoms with Crippen molar-refractivity contribution in [2.75, 3.05) is 19.8 Å². The zero-order valence-corrected chi connectivity index (χ0v) is 12.8. The number of fused-ring (bicyclic) bond motifs is 1. The van der Waals surface area contributed by atoms with E-state index in [0.717, 1.165) is 17.7 Å². The topological polar surface area (TPSA) is 81.4 Å². The highest BCUT2D eigenvalue weighted by atomic mass is 32.1. The number of aryl methyl sites for hydroxylation is 2. The third kappa shape index (κ3) is 2.82. The number of carbonyl (C=O) groups is 2. The Hall–Kier alpha value is -1.40. The lowest BCUT2D eigenvalue weighted by molar-refractivity contribution is -0.132. The molecule has 1 aromatic rings. The van der Waals surface area contributed by atoms with Crippen LogP contribution in [0.15, 0.2) is 6.07 Å². The predicted molar refractivity (Wildman–Crippen MR) is 80.4 cm³/mol. The average molecular weight is 308 g/mol. The molecule has 114 valence electrons. The second-order valence-electron chi connectivity index (χ2n) is 5.85. The summed E-state index contributed by atoms with van der Waals surface area (Å²) < 4.78 is 5.29. The molecule has 3 rings (SSSR count). The SMILES string of the molecule is NC(=O)C1(CNC(=O)c2cc3c(s2)CCC3)CCOCC1. The molecule has 1 aromatic heterocycles. The summed E-state index contributed by atoms with van der Waals surface area (Å²) in [6.45, 7) is 1.34. The van der Waals surface area contributed by atoms with Crippen molar-refractivity contribution in [2.45, 2.75) is 32.1 Å². The Morgan fingerprint density at radius 3 is 2.76 bits per heavy atom. The second kappa shape index (κ2) is 5.77. The number of primary amides is 1. The molecule has 5 nitrogen and oxygen atoms in total. The summed E-state index contributed by atoms with van der Waals surface area (Å²) in [5.74, 6) is -0.443. The van der Waals surface area contributed by atoms with E-state index in [4.69, 9.17) is 10.5 Å². The maximum atomic E-state index is 12.3. The van der Waals surface area contributed by atoms with Gasteiger partial charge >= 0.3 is 0 Å². The van der Waals surface area contributed by atoms with Gasteiger partial charge in [0.05, 0.1) is 10.3 Å². The standard InChI is InChI=1S/C15H20N2O3S/c16-14(19)15(4-6-20-7-5-15)9-17-13(18)12-8-10-2-1-3-11(10)21-12/h8H,1-7,9H2,(H2,16,19)(H,17,18). The molecule has 2 amide bonds. The van der Waals surface area contributed by atoms with Crippen molar-refractivity contribution in [1.82, 2.24) is 5.32 Å². The Morgan fingerprint density at radius 2 is 2.10 bits per heavy atom. The van der Waals surface area contributed by atoms with E-state index in [1.807, 2.05) is 6.07 Å². The third-order valence-corrected chi connectivity index (χ3v) is 5.77. The Balaban J connectivity index is 1.65. The number of hydrogen-bond acceptors (Lipinski definition) is 4. The summed E-state index contributed by atoms with van der Waals surface area (Å²) in [4.78, 5) is 26.1. The van der Waals surface area contributed by atoms with Crippen LogP contribution in [-0.4, -0.2) is 31.6 Å². The lowest BCUT2D eigenvalue weighted by Gasteiger charge is -2.34. The Morgan fingerprint density at radius 1 is 1.33 bits per heavy atom. The summed E-state index contributed by atoms with van der Waals surface area (Å²) in [6, 6.07) is 1.99. The molecule has 0 saturated carbocycles. The normalized spacial score (nSPS) is 20.0. The van der Waals surface area contributed by atoms with Crippen LogP contribution in [0.4, 0.5) is 0 Å². The van der Waals surface area contributed by atoms with Crippen molar-refractivity contribution in [3.63, 3.8) is 0 Å².